The molecule has 30 heavy (non-hydrogen) atoms. The second kappa shape index (κ2) is 11.4. The maximum absolute atomic E-state index is 12.2. The highest BCUT2D eigenvalue weighted by atomic mass is 16.3. The first kappa shape index (κ1) is 21.9. The number of hydrogen-bond donors (Lipinski definition) is 3. The third kappa shape index (κ3) is 6.90. The predicted molar refractivity (Wildman–Crippen MR) is 119 cm³/mol. The van der Waals surface area contributed by atoms with Crippen LogP contribution in [-0.4, -0.2) is 36.0 Å². The van der Waals surface area contributed by atoms with Crippen LogP contribution in [0, 0.1) is 6.92 Å². The van der Waals surface area contributed by atoms with Gasteiger partial charge < -0.3 is 20.4 Å². The first-order valence-corrected chi connectivity index (χ1v) is 11.0. The molecular formula is C23H33N5O2. The molecule has 0 atom stereocenters. The van der Waals surface area contributed by atoms with E-state index in [9.17, 15) is 4.79 Å². The number of amides is 1. The van der Waals surface area contributed by atoms with E-state index in [1.54, 1.807) is 6.26 Å². The summed E-state index contributed by atoms with van der Waals surface area (Å²) in [6.45, 7) is 5.75. The van der Waals surface area contributed by atoms with Crippen molar-refractivity contribution in [2.24, 2.45) is 4.99 Å². The molecule has 7 nitrogen and oxygen atoms in total. The molecule has 3 rings (SSSR count). The number of hydrogen-bond acceptors (Lipinski definition) is 4. The second-order valence-corrected chi connectivity index (χ2v) is 7.78. The smallest absolute Gasteiger partial charge is 0.226 e. The average Bonchev–Trinajstić information content (AvgIpc) is 3.22. The van der Waals surface area contributed by atoms with Gasteiger partial charge in [-0.25, -0.2) is 9.98 Å². The molecule has 1 fully saturated rings. The number of nitrogens with zero attached hydrogens (tertiary/aromatic N) is 2. The van der Waals surface area contributed by atoms with E-state index in [-0.39, 0.29) is 5.91 Å². The minimum Gasteiger partial charge on any atom is -0.444 e. The highest BCUT2D eigenvalue weighted by Crippen LogP contribution is 2.19. The fourth-order valence-electron chi connectivity index (χ4n) is 3.55. The highest BCUT2D eigenvalue weighted by Gasteiger charge is 2.15. The van der Waals surface area contributed by atoms with Crippen molar-refractivity contribution in [1.82, 2.24) is 20.9 Å². The van der Waals surface area contributed by atoms with E-state index in [0.29, 0.717) is 37.4 Å². The molecule has 1 heterocycles. The Balaban J connectivity index is 1.47. The quantitative estimate of drug-likeness (QED) is 0.456. The van der Waals surface area contributed by atoms with Crippen LogP contribution in [0.5, 0.6) is 0 Å². The van der Waals surface area contributed by atoms with Crippen LogP contribution in [0.4, 0.5) is 0 Å². The van der Waals surface area contributed by atoms with Gasteiger partial charge in [0.2, 0.25) is 11.8 Å². The molecule has 162 valence electrons. The molecule has 0 bridgehead atoms. The summed E-state index contributed by atoms with van der Waals surface area (Å²) in [5.41, 5.74) is 2.91. The van der Waals surface area contributed by atoms with Crippen molar-refractivity contribution >= 4 is 11.9 Å². The van der Waals surface area contributed by atoms with Crippen LogP contribution in [-0.2, 0) is 11.3 Å². The topological polar surface area (TPSA) is 91.6 Å². The van der Waals surface area contributed by atoms with E-state index >= 15 is 0 Å². The van der Waals surface area contributed by atoms with Gasteiger partial charge in [0.25, 0.3) is 0 Å². The monoisotopic (exact) mass is 411 g/mol. The molecule has 0 spiro atoms. The number of carbonyl (C=O) groups is 1. The largest absolute Gasteiger partial charge is 0.444 e. The van der Waals surface area contributed by atoms with Crippen molar-refractivity contribution < 1.29 is 9.21 Å². The Morgan fingerprint density at radius 2 is 1.93 bits per heavy atom. The zero-order valence-corrected chi connectivity index (χ0v) is 18.0. The number of aliphatic imine (C=N–C) groups is 1. The third-order valence-electron chi connectivity index (χ3n) is 5.21. The number of aromatic nitrogens is 1. The number of aryl methyl sites for hydroxylation is 1. The van der Waals surface area contributed by atoms with Crippen molar-refractivity contribution in [3.63, 3.8) is 0 Å². The van der Waals surface area contributed by atoms with Crippen LogP contribution in [0.3, 0.4) is 0 Å². The van der Waals surface area contributed by atoms with Gasteiger partial charge in [-0.1, -0.05) is 37.0 Å². The Bertz CT molecular complexity index is 822. The van der Waals surface area contributed by atoms with Crippen molar-refractivity contribution in [3.8, 4) is 11.5 Å². The zero-order valence-electron chi connectivity index (χ0n) is 18.0. The van der Waals surface area contributed by atoms with Gasteiger partial charge in [-0.2, -0.15) is 0 Å². The third-order valence-corrected chi connectivity index (χ3v) is 5.21. The number of carbonyl (C=O) groups excluding carboxylic acids is 1. The van der Waals surface area contributed by atoms with Crippen molar-refractivity contribution in [2.75, 3.05) is 13.1 Å². The molecule has 1 amide bonds. The lowest BCUT2D eigenvalue weighted by atomic mass is 9.95. The van der Waals surface area contributed by atoms with Gasteiger partial charge in [-0.3, -0.25) is 4.79 Å². The average molecular weight is 412 g/mol. The molecule has 0 aliphatic heterocycles. The lowest BCUT2D eigenvalue weighted by Gasteiger charge is -2.22. The molecular weight excluding hydrogens is 378 g/mol. The van der Waals surface area contributed by atoms with Gasteiger partial charge in [-0.05, 0) is 38.8 Å². The Morgan fingerprint density at radius 3 is 2.67 bits per heavy atom. The number of rotatable bonds is 8. The number of guanidine groups is 1. The molecule has 7 heteroatoms. The maximum atomic E-state index is 12.2. The Hall–Kier alpha value is -2.83. The summed E-state index contributed by atoms with van der Waals surface area (Å²) in [4.78, 5) is 21.2. The van der Waals surface area contributed by atoms with E-state index in [1.807, 2.05) is 38.1 Å². The first-order chi connectivity index (χ1) is 14.6. The molecule has 1 aromatic heterocycles. The predicted octanol–water partition coefficient (Wildman–Crippen LogP) is 3.54. The van der Waals surface area contributed by atoms with E-state index in [1.165, 1.54) is 24.8 Å². The second-order valence-electron chi connectivity index (χ2n) is 7.78. The SMILES string of the molecule is CCNC(=NCc1coc(-c2ccc(C)cc2)n1)NCCC(=O)NC1CCCCC1. The molecule has 1 aliphatic rings. The number of oxazole rings is 1. The van der Waals surface area contributed by atoms with Crippen LogP contribution >= 0.6 is 0 Å². The van der Waals surface area contributed by atoms with Gasteiger partial charge in [0.1, 0.15) is 12.0 Å². The van der Waals surface area contributed by atoms with Crippen LogP contribution in [0.15, 0.2) is 39.9 Å². The molecule has 1 saturated carbocycles. The highest BCUT2D eigenvalue weighted by molar-refractivity contribution is 5.81. The van der Waals surface area contributed by atoms with E-state index in [2.05, 4.69) is 25.9 Å². The van der Waals surface area contributed by atoms with E-state index in [0.717, 1.165) is 30.6 Å². The summed E-state index contributed by atoms with van der Waals surface area (Å²) in [7, 11) is 0. The van der Waals surface area contributed by atoms with Crippen LogP contribution in [0.2, 0.25) is 0 Å². The van der Waals surface area contributed by atoms with Gasteiger partial charge in [-0.15, -0.1) is 0 Å². The van der Waals surface area contributed by atoms with Crippen molar-refractivity contribution in [1.29, 1.82) is 0 Å². The lowest BCUT2D eigenvalue weighted by Crippen LogP contribution is -2.41. The molecule has 0 saturated heterocycles. The van der Waals surface area contributed by atoms with Gasteiger partial charge in [0.15, 0.2) is 5.96 Å². The Kier molecular flexibility index (Phi) is 8.30. The van der Waals surface area contributed by atoms with Crippen molar-refractivity contribution in [3.05, 3.63) is 41.8 Å². The number of benzene rings is 1. The molecule has 3 N–H and O–H groups in total. The van der Waals surface area contributed by atoms with Crippen LogP contribution in [0.25, 0.3) is 11.5 Å². The standard InChI is InChI=1S/C23H33N5O2/c1-3-24-23(25-14-13-21(29)27-19-7-5-4-6-8-19)26-15-20-16-30-22(28-20)18-11-9-17(2)10-12-18/h9-12,16,19H,3-8,13-15H2,1-2H3,(H,27,29)(H2,24,25,26). The zero-order chi connectivity index (χ0) is 21.2. The van der Waals surface area contributed by atoms with E-state index < -0.39 is 0 Å². The Labute approximate surface area is 178 Å². The van der Waals surface area contributed by atoms with Gasteiger partial charge in [0.05, 0.1) is 6.54 Å². The first-order valence-electron chi connectivity index (χ1n) is 11.0. The molecule has 2 aromatic rings. The molecule has 0 radical (unpaired) electrons. The number of nitrogens with one attached hydrogen (secondary N) is 3. The Morgan fingerprint density at radius 1 is 1.17 bits per heavy atom. The summed E-state index contributed by atoms with van der Waals surface area (Å²) in [5.74, 6) is 1.37. The van der Waals surface area contributed by atoms with E-state index in [4.69, 9.17) is 4.42 Å². The maximum Gasteiger partial charge on any atom is 0.226 e. The van der Waals surface area contributed by atoms with Crippen molar-refractivity contribution in [2.45, 2.75) is 65.0 Å². The summed E-state index contributed by atoms with van der Waals surface area (Å²) in [6, 6.07) is 8.42. The minimum absolute atomic E-state index is 0.101. The summed E-state index contributed by atoms with van der Waals surface area (Å²) >= 11 is 0. The molecule has 0 unspecified atom stereocenters. The summed E-state index contributed by atoms with van der Waals surface area (Å²) in [5, 5.41) is 9.57. The molecule has 1 aliphatic carbocycles. The molecule has 1 aromatic carbocycles. The lowest BCUT2D eigenvalue weighted by molar-refractivity contribution is -0.121. The fraction of sp³-hybridized carbons (Fsp3) is 0.522. The normalized spacial score (nSPS) is 15.1. The van der Waals surface area contributed by atoms with Crippen LogP contribution in [0.1, 0.15) is 56.7 Å². The van der Waals surface area contributed by atoms with Gasteiger partial charge in [0, 0.05) is 31.1 Å². The minimum atomic E-state index is 0.101. The van der Waals surface area contributed by atoms with Gasteiger partial charge >= 0.3 is 0 Å². The van der Waals surface area contributed by atoms with Crippen LogP contribution < -0.4 is 16.0 Å². The fourth-order valence-corrected chi connectivity index (χ4v) is 3.55. The summed E-state index contributed by atoms with van der Waals surface area (Å²) < 4.78 is 5.59. The summed E-state index contributed by atoms with van der Waals surface area (Å²) in [6.07, 6.45) is 8.00.